The number of benzene rings is 1. The number of unbranched alkanes of at least 4 members (excludes halogenated alkanes) is 2. The van der Waals surface area contributed by atoms with Crippen molar-refractivity contribution in [1.29, 1.82) is 0 Å². The van der Waals surface area contributed by atoms with E-state index in [1.54, 1.807) is 38.3 Å². The number of nitrogens with zero attached hydrogens (tertiary/aromatic N) is 3. The van der Waals surface area contributed by atoms with Crippen LogP contribution in [0.1, 0.15) is 134 Å². The maximum Gasteiger partial charge on any atom is 0.355 e. The van der Waals surface area contributed by atoms with Crippen LogP contribution in [-0.4, -0.2) is 93.7 Å². The van der Waals surface area contributed by atoms with Gasteiger partial charge in [-0.3, -0.25) is 38.5 Å². The van der Waals surface area contributed by atoms with E-state index in [-0.39, 0.29) is 111 Å². The molecule has 2 fully saturated rings. The summed E-state index contributed by atoms with van der Waals surface area (Å²) in [5.74, 6) is -4.02. The monoisotopic (exact) mass is 1040 g/mol. The Labute approximate surface area is 420 Å². The van der Waals surface area contributed by atoms with E-state index in [9.17, 15) is 43.2 Å². The molecule has 0 spiro atoms. The lowest BCUT2D eigenvalue weighted by atomic mass is 9.71. The number of urea groups is 1. The number of hydrogen-bond donors (Lipinski definition) is 5. The van der Waals surface area contributed by atoms with Crippen LogP contribution in [-0.2, 0) is 61.8 Å². The Morgan fingerprint density at radius 3 is 2.42 bits per heavy atom. The smallest absolute Gasteiger partial charge is 0.355 e. The van der Waals surface area contributed by atoms with Gasteiger partial charge in [-0.05, 0) is 80.5 Å². The zero-order valence-corrected chi connectivity index (χ0v) is 42.5. The molecule has 1 aromatic carbocycles. The summed E-state index contributed by atoms with van der Waals surface area (Å²) in [5.41, 5.74) is 5.32. The number of hydrogen-bond acceptors (Lipinski definition) is 12. The predicted octanol–water partition coefficient (Wildman–Crippen LogP) is 4.88. The van der Waals surface area contributed by atoms with Crippen molar-refractivity contribution in [2.24, 2.45) is 23.0 Å². The number of esters is 2. The van der Waals surface area contributed by atoms with E-state index < -0.39 is 52.9 Å². The van der Waals surface area contributed by atoms with Crippen LogP contribution in [0, 0.1) is 17.3 Å². The summed E-state index contributed by atoms with van der Waals surface area (Å²) in [5, 5.41) is 12.0. The number of primary amides is 1. The lowest BCUT2D eigenvalue weighted by molar-refractivity contribution is -0.191. The van der Waals surface area contributed by atoms with E-state index in [1.165, 1.54) is 4.90 Å². The Balaban J connectivity index is 1.02. The van der Waals surface area contributed by atoms with Crippen molar-refractivity contribution in [3.05, 3.63) is 61.8 Å². The SMILES string of the molecule is CC[C@@]1(OC(=O)CC2(CNC(=O)C(CCCNC(N)=O)NC(=O)[C@@H](NC(=O)CCCCCN3C(=O)CC(C)C3=O)C(C)C)CCCCC2)C(=O)OCc2c1cc1n(c2=O)Cc2cc3c(Br)cccc3nc2-1. The molecule has 3 aromatic rings. The van der Waals surface area contributed by atoms with Crippen molar-refractivity contribution in [3.63, 3.8) is 0 Å². The number of cyclic esters (lactones) is 1. The second-order valence-electron chi connectivity index (χ2n) is 19.9. The number of rotatable bonds is 21. The van der Waals surface area contributed by atoms with Gasteiger partial charge in [0.05, 0.1) is 35.4 Å². The third-order valence-corrected chi connectivity index (χ3v) is 15.1. The van der Waals surface area contributed by atoms with Gasteiger partial charge in [0.25, 0.3) is 5.56 Å². The number of carbonyl (C=O) groups is 8. The summed E-state index contributed by atoms with van der Waals surface area (Å²) >= 11 is 3.60. The minimum Gasteiger partial charge on any atom is -0.457 e. The van der Waals surface area contributed by atoms with Crippen LogP contribution < -0.4 is 32.6 Å². The summed E-state index contributed by atoms with van der Waals surface area (Å²) < 4.78 is 14.3. The quantitative estimate of drug-likeness (QED) is 0.0425. The minimum atomic E-state index is -1.92. The fraction of sp³-hybridized carbons (Fsp3) is 0.569. The van der Waals surface area contributed by atoms with E-state index in [1.807, 2.05) is 24.3 Å². The number of pyridine rings is 2. The van der Waals surface area contributed by atoms with Gasteiger partial charge in [0, 0.05) is 59.4 Å². The number of nitrogens with two attached hydrogens (primary N) is 1. The Kier molecular flexibility index (Phi) is 16.7. The first-order chi connectivity index (χ1) is 33.9. The summed E-state index contributed by atoms with van der Waals surface area (Å²) in [6.07, 6.45) is 5.66. The molecule has 3 aliphatic heterocycles. The van der Waals surface area contributed by atoms with Crippen LogP contribution in [0.2, 0.25) is 0 Å². The molecule has 4 aliphatic rings. The van der Waals surface area contributed by atoms with Gasteiger partial charge in [-0.2, -0.15) is 0 Å². The van der Waals surface area contributed by atoms with E-state index in [0.29, 0.717) is 50.0 Å². The molecular weight excluding hydrogens is 981 g/mol. The number of amides is 7. The second kappa shape index (κ2) is 22.5. The Bertz CT molecular complexity index is 2660. The molecule has 19 nitrogen and oxygen atoms in total. The van der Waals surface area contributed by atoms with Gasteiger partial charge in [-0.1, -0.05) is 75.4 Å². The molecule has 7 amide bonds. The van der Waals surface area contributed by atoms with Gasteiger partial charge in [0.15, 0.2) is 0 Å². The highest BCUT2D eigenvalue weighted by Gasteiger charge is 2.51. The van der Waals surface area contributed by atoms with Crippen molar-refractivity contribution in [2.45, 2.75) is 148 Å². The van der Waals surface area contributed by atoms with Crippen LogP contribution in [0.3, 0.4) is 0 Å². The van der Waals surface area contributed by atoms with E-state index in [2.05, 4.69) is 37.2 Å². The number of halogens is 1. The Morgan fingerprint density at radius 1 is 0.972 bits per heavy atom. The number of ether oxygens (including phenoxy) is 2. The number of aromatic nitrogens is 2. The van der Waals surface area contributed by atoms with Gasteiger partial charge in [-0.15, -0.1) is 0 Å². The minimum absolute atomic E-state index is 0.0172. The number of likely N-dealkylation sites (tertiary alicyclic amines) is 1. The zero-order chi connectivity index (χ0) is 51.2. The third-order valence-electron chi connectivity index (χ3n) is 14.4. The Hall–Kier alpha value is -6.18. The van der Waals surface area contributed by atoms with Gasteiger partial charge in [0.1, 0.15) is 18.7 Å². The first-order valence-electron chi connectivity index (χ1n) is 24.9. The van der Waals surface area contributed by atoms with Gasteiger partial charge in [-0.25, -0.2) is 14.6 Å². The maximum absolute atomic E-state index is 14.4. The highest BCUT2D eigenvalue weighted by molar-refractivity contribution is 9.10. The van der Waals surface area contributed by atoms with Gasteiger partial charge in [0.2, 0.25) is 35.1 Å². The molecule has 0 radical (unpaired) electrons. The molecule has 2 unspecified atom stereocenters. The van der Waals surface area contributed by atoms with Crippen molar-refractivity contribution >= 4 is 74.3 Å². The molecule has 1 aliphatic carbocycles. The molecule has 1 saturated carbocycles. The van der Waals surface area contributed by atoms with Crippen molar-refractivity contribution in [1.82, 2.24) is 35.7 Å². The standard InChI is InChI=1S/C51H65BrN8O11/c1-5-51(34-24-38-43-31(23-32-35(52)14-12-15-36(32)56-43)26-60(38)47(67)33(34)27-70-48(51)68)71-41(63)25-50(18-9-7-10-19-50)28-55-44(64)37(16-13-20-54-49(53)69)57-45(65)42(29(2)3)58-39(61)17-8-6-11-21-59-40(62)22-30(4)46(59)66/h12,14-15,23-24,29-30,37,42H,5-11,13,16-22,25-28H2,1-4H3,(H,55,64)(H,57,65)(H,58,61)(H3,53,54,69)/t30?,37?,42-,51-/m0/s1. The van der Waals surface area contributed by atoms with Gasteiger partial charge >= 0.3 is 18.0 Å². The molecule has 382 valence electrons. The summed E-state index contributed by atoms with van der Waals surface area (Å²) in [7, 11) is 0. The van der Waals surface area contributed by atoms with E-state index in [0.717, 1.165) is 40.2 Å². The molecule has 0 bridgehead atoms. The average molecular weight is 1050 g/mol. The van der Waals surface area contributed by atoms with Gasteiger partial charge < -0.3 is 41.0 Å². The molecule has 4 atom stereocenters. The van der Waals surface area contributed by atoms with Crippen LogP contribution in [0.15, 0.2) is 39.6 Å². The Morgan fingerprint density at radius 2 is 1.73 bits per heavy atom. The van der Waals surface area contributed by atoms with Crippen LogP contribution in [0.25, 0.3) is 22.3 Å². The van der Waals surface area contributed by atoms with Crippen LogP contribution >= 0.6 is 15.9 Å². The zero-order valence-electron chi connectivity index (χ0n) is 40.9. The van der Waals surface area contributed by atoms with E-state index in [4.69, 9.17) is 20.2 Å². The van der Waals surface area contributed by atoms with Crippen LogP contribution in [0.5, 0.6) is 0 Å². The first kappa shape index (κ1) is 52.6. The molecule has 1 saturated heterocycles. The largest absolute Gasteiger partial charge is 0.457 e. The lowest BCUT2D eigenvalue weighted by Gasteiger charge is -2.39. The molecule has 7 rings (SSSR count). The molecule has 20 heteroatoms. The van der Waals surface area contributed by atoms with Crippen LogP contribution in [0.4, 0.5) is 4.79 Å². The average Bonchev–Trinajstić information content (AvgIpc) is 3.81. The highest BCUT2D eigenvalue weighted by atomic mass is 79.9. The third kappa shape index (κ3) is 11.6. The summed E-state index contributed by atoms with van der Waals surface area (Å²) in [6, 6.07) is 6.56. The molecule has 5 heterocycles. The first-order valence-corrected chi connectivity index (χ1v) is 25.7. The fourth-order valence-electron chi connectivity index (χ4n) is 10.4. The number of carbonyl (C=O) groups excluding carboxylic acids is 8. The molecule has 6 N–H and O–H groups in total. The summed E-state index contributed by atoms with van der Waals surface area (Å²) in [6.45, 7) is 7.41. The normalized spacial score (nSPS) is 19.8. The van der Waals surface area contributed by atoms with Crippen molar-refractivity contribution in [2.75, 3.05) is 19.6 Å². The lowest BCUT2D eigenvalue weighted by Crippen LogP contribution is -2.56. The predicted molar refractivity (Wildman–Crippen MR) is 264 cm³/mol. The van der Waals surface area contributed by atoms with Crippen molar-refractivity contribution in [3.8, 4) is 11.4 Å². The topological polar surface area (TPSA) is 267 Å². The number of fused-ring (bicyclic) bond motifs is 5. The number of nitrogens with one attached hydrogen (secondary N) is 4. The second-order valence-corrected chi connectivity index (χ2v) is 20.7. The van der Waals surface area contributed by atoms with E-state index >= 15 is 0 Å². The molecule has 71 heavy (non-hydrogen) atoms. The molecule has 2 aromatic heterocycles. The number of imide groups is 1. The fourth-order valence-corrected chi connectivity index (χ4v) is 10.9. The maximum atomic E-state index is 14.4. The highest BCUT2D eigenvalue weighted by Crippen LogP contribution is 2.44. The molecular formula is C51H65BrN8O11. The van der Waals surface area contributed by atoms with Crippen molar-refractivity contribution < 1.29 is 47.8 Å². The summed E-state index contributed by atoms with van der Waals surface area (Å²) in [4.78, 5) is 126.